The highest BCUT2D eigenvalue weighted by molar-refractivity contribution is 5.76. The molecule has 1 unspecified atom stereocenters. The second-order valence-electron chi connectivity index (χ2n) is 7.87. The Kier molecular flexibility index (Phi) is 6.94. The number of nitrogens with one attached hydrogen (secondary N) is 1. The largest absolute Gasteiger partial charge is 0.497 e. The number of rotatable bonds is 9. The maximum Gasteiger partial charge on any atom is 0.226 e. The van der Waals surface area contributed by atoms with E-state index in [1.54, 1.807) is 7.11 Å². The zero-order valence-electron chi connectivity index (χ0n) is 17.8. The van der Waals surface area contributed by atoms with Crippen molar-refractivity contribution in [3.63, 3.8) is 0 Å². The zero-order valence-corrected chi connectivity index (χ0v) is 17.8. The van der Waals surface area contributed by atoms with Crippen LogP contribution in [-0.4, -0.2) is 47.2 Å². The third kappa shape index (κ3) is 5.92. The first-order valence-corrected chi connectivity index (χ1v) is 10.7. The Bertz CT molecular complexity index is 972. The van der Waals surface area contributed by atoms with Gasteiger partial charge in [-0.2, -0.15) is 4.98 Å². The van der Waals surface area contributed by atoms with Crippen LogP contribution < -0.4 is 10.1 Å². The van der Waals surface area contributed by atoms with Gasteiger partial charge in [0, 0.05) is 44.1 Å². The van der Waals surface area contributed by atoms with E-state index in [4.69, 9.17) is 9.26 Å². The molecular weight excluding hydrogens is 392 g/mol. The number of aryl methyl sites for hydroxylation is 1. The Labute approximate surface area is 182 Å². The molecule has 162 valence electrons. The molecule has 1 aliphatic rings. The van der Waals surface area contributed by atoms with Crippen molar-refractivity contribution < 1.29 is 14.1 Å². The van der Waals surface area contributed by atoms with Gasteiger partial charge in [-0.1, -0.05) is 35.5 Å². The standard InChI is InChI=1S/C24H28N4O3/c1-30-21-12-10-19(11-13-21)24-26-23(31-27-24)9-5-8-22(29)25-20-14-15-28(17-20)16-18-6-3-2-4-7-18/h2-4,6-7,10-13,20H,5,8-9,14-17H2,1H3,(H,25,29). The van der Waals surface area contributed by atoms with Crippen LogP contribution in [0.1, 0.15) is 30.7 Å². The summed E-state index contributed by atoms with van der Waals surface area (Å²) in [7, 11) is 1.63. The molecule has 7 heteroatoms. The van der Waals surface area contributed by atoms with Gasteiger partial charge < -0.3 is 14.6 Å². The van der Waals surface area contributed by atoms with Gasteiger partial charge in [0.15, 0.2) is 0 Å². The maximum atomic E-state index is 12.3. The Morgan fingerprint density at radius 3 is 2.77 bits per heavy atom. The first kappa shape index (κ1) is 21.1. The van der Waals surface area contributed by atoms with Gasteiger partial charge in [-0.05, 0) is 42.7 Å². The number of ether oxygens (including phenoxy) is 1. The van der Waals surface area contributed by atoms with E-state index in [9.17, 15) is 4.79 Å². The van der Waals surface area contributed by atoms with Gasteiger partial charge in [-0.3, -0.25) is 9.69 Å². The fourth-order valence-electron chi connectivity index (χ4n) is 3.85. The van der Waals surface area contributed by atoms with Crippen LogP contribution in [0.2, 0.25) is 0 Å². The Hall–Kier alpha value is -3.19. The number of carbonyl (C=O) groups is 1. The number of nitrogens with zero attached hydrogens (tertiary/aromatic N) is 3. The minimum absolute atomic E-state index is 0.0847. The minimum atomic E-state index is 0.0847. The van der Waals surface area contributed by atoms with E-state index < -0.39 is 0 Å². The lowest BCUT2D eigenvalue weighted by Gasteiger charge is -2.16. The van der Waals surface area contributed by atoms with Crippen LogP contribution in [0.25, 0.3) is 11.4 Å². The summed E-state index contributed by atoms with van der Waals surface area (Å²) in [4.78, 5) is 19.2. The predicted octanol–water partition coefficient (Wildman–Crippen LogP) is 3.46. The topological polar surface area (TPSA) is 80.5 Å². The smallest absolute Gasteiger partial charge is 0.226 e. The molecule has 0 spiro atoms. The van der Waals surface area contributed by atoms with Gasteiger partial charge in [0.2, 0.25) is 17.6 Å². The average molecular weight is 421 g/mol. The third-order valence-corrected chi connectivity index (χ3v) is 5.50. The van der Waals surface area contributed by atoms with Gasteiger partial charge in [-0.25, -0.2) is 0 Å². The molecule has 1 aromatic heterocycles. The average Bonchev–Trinajstić information content (AvgIpc) is 3.44. The highest BCUT2D eigenvalue weighted by Gasteiger charge is 2.23. The van der Waals surface area contributed by atoms with Crippen molar-refractivity contribution in [2.45, 2.75) is 38.3 Å². The molecule has 1 fully saturated rings. The van der Waals surface area contributed by atoms with Crippen LogP contribution in [-0.2, 0) is 17.8 Å². The normalized spacial score (nSPS) is 16.4. The quantitative estimate of drug-likeness (QED) is 0.571. The van der Waals surface area contributed by atoms with Crippen LogP contribution in [0.3, 0.4) is 0 Å². The van der Waals surface area contributed by atoms with E-state index in [0.717, 1.165) is 37.4 Å². The van der Waals surface area contributed by atoms with E-state index in [1.165, 1.54) is 5.56 Å². The summed E-state index contributed by atoms with van der Waals surface area (Å²) in [5.74, 6) is 1.96. The molecule has 1 atom stereocenters. The number of carbonyl (C=O) groups excluding carboxylic acids is 1. The Morgan fingerprint density at radius 1 is 1.19 bits per heavy atom. The van der Waals surface area contributed by atoms with Crippen molar-refractivity contribution >= 4 is 5.91 Å². The molecule has 0 radical (unpaired) electrons. The second kappa shape index (κ2) is 10.2. The zero-order chi connectivity index (χ0) is 21.5. The molecule has 1 aliphatic heterocycles. The molecule has 0 aliphatic carbocycles. The summed E-state index contributed by atoms with van der Waals surface area (Å²) in [6.45, 7) is 2.84. The van der Waals surface area contributed by atoms with Crippen LogP contribution >= 0.6 is 0 Å². The molecule has 2 aromatic carbocycles. The number of aromatic nitrogens is 2. The van der Waals surface area contributed by atoms with Crippen molar-refractivity contribution in [1.82, 2.24) is 20.4 Å². The summed E-state index contributed by atoms with van der Waals surface area (Å²) in [6, 6.07) is 18.2. The van der Waals surface area contributed by atoms with E-state index in [1.807, 2.05) is 30.3 Å². The maximum absolute atomic E-state index is 12.3. The summed E-state index contributed by atoms with van der Waals surface area (Å²) in [5, 5.41) is 7.20. The molecule has 4 rings (SSSR count). The van der Waals surface area contributed by atoms with E-state index in [2.05, 4.69) is 44.6 Å². The lowest BCUT2D eigenvalue weighted by molar-refractivity contribution is -0.121. The molecule has 31 heavy (non-hydrogen) atoms. The van der Waals surface area contributed by atoms with E-state index in [-0.39, 0.29) is 11.9 Å². The fraction of sp³-hybridized carbons (Fsp3) is 0.375. The van der Waals surface area contributed by atoms with Gasteiger partial charge in [-0.15, -0.1) is 0 Å². The molecule has 0 bridgehead atoms. The molecule has 1 saturated heterocycles. The van der Waals surface area contributed by atoms with Gasteiger partial charge in [0.05, 0.1) is 7.11 Å². The Morgan fingerprint density at radius 2 is 2.00 bits per heavy atom. The lowest BCUT2D eigenvalue weighted by atomic mass is 10.2. The number of methoxy groups -OCH3 is 1. The molecule has 1 amide bonds. The van der Waals surface area contributed by atoms with Crippen molar-refractivity contribution in [3.05, 3.63) is 66.1 Å². The monoisotopic (exact) mass is 420 g/mol. The number of likely N-dealkylation sites (tertiary alicyclic amines) is 1. The summed E-state index contributed by atoms with van der Waals surface area (Å²) < 4.78 is 10.5. The summed E-state index contributed by atoms with van der Waals surface area (Å²) in [5.41, 5.74) is 2.18. The second-order valence-corrected chi connectivity index (χ2v) is 7.87. The SMILES string of the molecule is COc1ccc(-c2noc(CCCC(=O)NC3CCN(Cc4ccccc4)C3)n2)cc1. The van der Waals surface area contributed by atoms with Gasteiger partial charge >= 0.3 is 0 Å². The van der Waals surface area contributed by atoms with Gasteiger partial charge in [0.1, 0.15) is 5.75 Å². The molecule has 3 aromatic rings. The van der Waals surface area contributed by atoms with Crippen molar-refractivity contribution in [2.75, 3.05) is 20.2 Å². The van der Waals surface area contributed by atoms with Crippen LogP contribution in [0.5, 0.6) is 5.75 Å². The predicted molar refractivity (Wildman–Crippen MR) is 117 cm³/mol. The summed E-state index contributed by atoms with van der Waals surface area (Å²) in [6.07, 6.45) is 2.71. The number of hydrogen-bond donors (Lipinski definition) is 1. The number of benzene rings is 2. The van der Waals surface area contributed by atoms with Crippen LogP contribution in [0, 0.1) is 0 Å². The molecule has 2 heterocycles. The van der Waals surface area contributed by atoms with Crippen molar-refractivity contribution in [3.8, 4) is 17.1 Å². The molecule has 7 nitrogen and oxygen atoms in total. The lowest BCUT2D eigenvalue weighted by Crippen LogP contribution is -2.36. The van der Waals surface area contributed by atoms with Crippen molar-refractivity contribution in [2.24, 2.45) is 0 Å². The minimum Gasteiger partial charge on any atom is -0.497 e. The van der Waals surface area contributed by atoms with E-state index in [0.29, 0.717) is 31.0 Å². The highest BCUT2D eigenvalue weighted by Crippen LogP contribution is 2.20. The Balaban J connectivity index is 1.17. The van der Waals surface area contributed by atoms with Crippen LogP contribution in [0.4, 0.5) is 0 Å². The molecular formula is C24H28N4O3. The molecule has 0 saturated carbocycles. The third-order valence-electron chi connectivity index (χ3n) is 5.50. The van der Waals surface area contributed by atoms with Gasteiger partial charge in [0.25, 0.3) is 0 Å². The summed E-state index contributed by atoms with van der Waals surface area (Å²) >= 11 is 0. The number of amides is 1. The highest BCUT2D eigenvalue weighted by atomic mass is 16.5. The first-order valence-electron chi connectivity index (χ1n) is 10.7. The van der Waals surface area contributed by atoms with E-state index >= 15 is 0 Å². The molecule has 1 N–H and O–H groups in total. The van der Waals surface area contributed by atoms with Crippen LogP contribution in [0.15, 0.2) is 59.1 Å². The fourth-order valence-corrected chi connectivity index (χ4v) is 3.85. The number of hydrogen-bond acceptors (Lipinski definition) is 6. The first-order chi connectivity index (χ1) is 15.2. The van der Waals surface area contributed by atoms with Crippen molar-refractivity contribution in [1.29, 1.82) is 0 Å².